The standard InChI is InChI=1S/C11H9BrClF4NO2/c12-7-3-6(14)4-8(13)10(7)18-9(19)1-2-20-5-11(15,16)17/h3-4H,1-2,5H2,(H,18,19). The van der Waals surface area contributed by atoms with Crippen LogP contribution >= 0.6 is 27.5 Å². The van der Waals surface area contributed by atoms with Gasteiger partial charge in [0.1, 0.15) is 12.4 Å². The fourth-order valence-corrected chi connectivity index (χ4v) is 2.12. The van der Waals surface area contributed by atoms with Crippen LogP contribution in [-0.2, 0) is 9.53 Å². The van der Waals surface area contributed by atoms with Gasteiger partial charge in [-0.25, -0.2) is 4.39 Å². The van der Waals surface area contributed by atoms with Crippen LogP contribution in [0.3, 0.4) is 0 Å². The highest BCUT2D eigenvalue weighted by atomic mass is 79.9. The molecule has 0 aliphatic carbocycles. The lowest BCUT2D eigenvalue weighted by Crippen LogP contribution is -2.20. The van der Waals surface area contributed by atoms with E-state index in [2.05, 4.69) is 26.0 Å². The van der Waals surface area contributed by atoms with Gasteiger partial charge in [-0.2, -0.15) is 13.2 Å². The van der Waals surface area contributed by atoms with Gasteiger partial charge in [0.2, 0.25) is 5.91 Å². The highest BCUT2D eigenvalue weighted by Gasteiger charge is 2.27. The number of nitrogens with one attached hydrogen (secondary N) is 1. The zero-order valence-corrected chi connectivity index (χ0v) is 12.2. The predicted molar refractivity (Wildman–Crippen MR) is 69.2 cm³/mol. The molecule has 1 N–H and O–H groups in total. The Morgan fingerprint density at radius 3 is 2.60 bits per heavy atom. The molecule has 0 aromatic heterocycles. The Balaban J connectivity index is 2.47. The fraction of sp³-hybridized carbons (Fsp3) is 0.364. The van der Waals surface area contributed by atoms with Crippen LogP contribution in [0.25, 0.3) is 0 Å². The molecule has 0 spiro atoms. The van der Waals surface area contributed by atoms with Gasteiger partial charge in [-0.3, -0.25) is 4.79 Å². The first kappa shape index (κ1) is 17.2. The van der Waals surface area contributed by atoms with E-state index in [9.17, 15) is 22.4 Å². The summed E-state index contributed by atoms with van der Waals surface area (Å²) in [6.07, 6.45) is -4.71. The van der Waals surface area contributed by atoms with Crippen LogP contribution in [0.2, 0.25) is 5.02 Å². The molecule has 0 bridgehead atoms. The van der Waals surface area contributed by atoms with E-state index in [4.69, 9.17) is 11.6 Å². The molecule has 112 valence electrons. The summed E-state index contributed by atoms with van der Waals surface area (Å²) in [5.41, 5.74) is 0.147. The van der Waals surface area contributed by atoms with Gasteiger partial charge in [-0.1, -0.05) is 11.6 Å². The predicted octanol–water partition coefficient (Wildman–Crippen LogP) is 4.15. The maximum Gasteiger partial charge on any atom is 0.411 e. The van der Waals surface area contributed by atoms with Crippen molar-refractivity contribution in [3.05, 3.63) is 27.4 Å². The molecule has 0 radical (unpaired) electrons. The van der Waals surface area contributed by atoms with Gasteiger partial charge in [-0.05, 0) is 28.1 Å². The van der Waals surface area contributed by atoms with Gasteiger partial charge < -0.3 is 10.1 Å². The first-order valence-electron chi connectivity index (χ1n) is 5.28. The molecule has 0 aliphatic heterocycles. The van der Waals surface area contributed by atoms with Crippen molar-refractivity contribution in [1.82, 2.24) is 0 Å². The summed E-state index contributed by atoms with van der Waals surface area (Å²) in [5.74, 6) is -1.19. The number of anilines is 1. The number of alkyl halides is 3. The van der Waals surface area contributed by atoms with E-state index in [-0.39, 0.29) is 28.2 Å². The van der Waals surface area contributed by atoms with Gasteiger partial charge in [-0.15, -0.1) is 0 Å². The number of rotatable bonds is 5. The molecule has 0 aliphatic rings. The molecule has 9 heteroatoms. The zero-order valence-electron chi connectivity index (χ0n) is 9.86. The third-order valence-electron chi connectivity index (χ3n) is 2.01. The number of amides is 1. The highest BCUT2D eigenvalue weighted by molar-refractivity contribution is 9.10. The molecule has 3 nitrogen and oxygen atoms in total. The van der Waals surface area contributed by atoms with Crippen molar-refractivity contribution in [2.45, 2.75) is 12.6 Å². The monoisotopic (exact) mass is 377 g/mol. The van der Waals surface area contributed by atoms with Crippen molar-refractivity contribution < 1.29 is 27.1 Å². The van der Waals surface area contributed by atoms with Gasteiger partial charge in [0.15, 0.2) is 0 Å². The Kier molecular flexibility index (Phi) is 6.22. The SMILES string of the molecule is O=C(CCOCC(F)(F)F)Nc1c(Cl)cc(F)cc1Br. The highest BCUT2D eigenvalue weighted by Crippen LogP contribution is 2.31. The summed E-state index contributed by atoms with van der Waals surface area (Å²) in [5, 5.41) is 2.33. The molecule has 0 atom stereocenters. The first-order valence-corrected chi connectivity index (χ1v) is 6.45. The molecular weight excluding hydrogens is 369 g/mol. The van der Waals surface area contributed by atoms with Crippen LogP contribution in [0.4, 0.5) is 23.2 Å². The Bertz CT molecular complexity index is 473. The smallest absolute Gasteiger partial charge is 0.372 e. The van der Waals surface area contributed by atoms with E-state index < -0.39 is 24.5 Å². The normalized spacial score (nSPS) is 11.5. The van der Waals surface area contributed by atoms with Gasteiger partial charge in [0.25, 0.3) is 0 Å². The summed E-state index contributed by atoms with van der Waals surface area (Å²) in [6, 6.07) is 2.10. The Hall–Kier alpha value is -0.860. The van der Waals surface area contributed by atoms with Gasteiger partial charge >= 0.3 is 6.18 Å². The van der Waals surface area contributed by atoms with Crippen LogP contribution in [0.5, 0.6) is 0 Å². The lowest BCUT2D eigenvalue weighted by molar-refractivity contribution is -0.174. The lowest BCUT2D eigenvalue weighted by Gasteiger charge is -2.10. The number of carbonyl (C=O) groups is 1. The molecule has 0 fully saturated rings. The Morgan fingerprint density at radius 2 is 2.05 bits per heavy atom. The third-order valence-corrected chi connectivity index (χ3v) is 2.93. The minimum absolute atomic E-state index is 0.0264. The second-order valence-corrected chi connectivity index (χ2v) is 4.97. The average molecular weight is 379 g/mol. The van der Waals surface area contributed by atoms with Crippen molar-refractivity contribution in [2.75, 3.05) is 18.5 Å². The summed E-state index contributed by atoms with van der Waals surface area (Å²) in [6.45, 7) is -1.80. The molecule has 0 saturated heterocycles. The average Bonchev–Trinajstić information content (AvgIpc) is 2.28. The fourth-order valence-electron chi connectivity index (χ4n) is 1.22. The quantitative estimate of drug-likeness (QED) is 0.617. The first-order chi connectivity index (χ1) is 9.19. The molecule has 1 aromatic rings. The molecule has 1 aromatic carbocycles. The molecular formula is C11H9BrClF4NO2. The number of ether oxygens (including phenoxy) is 1. The lowest BCUT2D eigenvalue weighted by atomic mass is 10.3. The van der Waals surface area contributed by atoms with E-state index in [0.717, 1.165) is 12.1 Å². The molecule has 0 unspecified atom stereocenters. The maximum absolute atomic E-state index is 13.0. The minimum atomic E-state index is -4.43. The van der Waals surface area contributed by atoms with Crippen molar-refractivity contribution in [3.8, 4) is 0 Å². The van der Waals surface area contributed by atoms with Crippen LogP contribution in [0, 0.1) is 5.82 Å². The Labute approximate surface area is 125 Å². The number of halogens is 6. The second kappa shape index (κ2) is 7.24. The Morgan fingerprint density at radius 1 is 1.40 bits per heavy atom. The van der Waals surface area contributed by atoms with Gasteiger partial charge in [0.05, 0.1) is 23.7 Å². The van der Waals surface area contributed by atoms with E-state index >= 15 is 0 Å². The summed E-state index contributed by atoms with van der Waals surface area (Å²) < 4.78 is 52.8. The molecule has 1 rings (SSSR count). The molecule has 0 saturated carbocycles. The van der Waals surface area contributed by atoms with Crippen LogP contribution in [-0.4, -0.2) is 25.3 Å². The topological polar surface area (TPSA) is 38.3 Å². The van der Waals surface area contributed by atoms with Crippen molar-refractivity contribution >= 4 is 39.1 Å². The van der Waals surface area contributed by atoms with E-state index in [1.165, 1.54) is 0 Å². The zero-order chi connectivity index (χ0) is 15.3. The van der Waals surface area contributed by atoms with Crippen LogP contribution in [0.1, 0.15) is 6.42 Å². The second-order valence-electron chi connectivity index (χ2n) is 3.71. The van der Waals surface area contributed by atoms with Gasteiger partial charge in [0, 0.05) is 4.47 Å². The van der Waals surface area contributed by atoms with Crippen molar-refractivity contribution in [1.29, 1.82) is 0 Å². The summed E-state index contributed by atoms with van der Waals surface area (Å²) in [4.78, 5) is 11.5. The third kappa shape index (κ3) is 6.06. The number of carbonyl (C=O) groups excluding carboxylic acids is 1. The molecule has 0 heterocycles. The van der Waals surface area contributed by atoms with Crippen LogP contribution < -0.4 is 5.32 Å². The molecule has 20 heavy (non-hydrogen) atoms. The largest absolute Gasteiger partial charge is 0.411 e. The van der Waals surface area contributed by atoms with E-state index in [1.54, 1.807) is 0 Å². The van der Waals surface area contributed by atoms with E-state index in [0.29, 0.717) is 0 Å². The number of benzene rings is 1. The summed E-state index contributed by atoms with van der Waals surface area (Å²) in [7, 11) is 0. The minimum Gasteiger partial charge on any atom is -0.372 e. The summed E-state index contributed by atoms with van der Waals surface area (Å²) >= 11 is 8.75. The molecule has 1 amide bonds. The van der Waals surface area contributed by atoms with Crippen molar-refractivity contribution in [3.63, 3.8) is 0 Å². The number of hydrogen-bond donors (Lipinski definition) is 1. The van der Waals surface area contributed by atoms with Crippen molar-refractivity contribution in [2.24, 2.45) is 0 Å². The van der Waals surface area contributed by atoms with Crippen LogP contribution in [0.15, 0.2) is 16.6 Å². The number of hydrogen-bond acceptors (Lipinski definition) is 2. The van der Waals surface area contributed by atoms with E-state index in [1.807, 2.05) is 0 Å². The maximum atomic E-state index is 13.0.